The van der Waals surface area contributed by atoms with Crippen LogP contribution in [0, 0.1) is 0 Å². The molecule has 2 aliphatic rings. The quantitative estimate of drug-likeness (QED) is 0.795. The fourth-order valence-electron chi connectivity index (χ4n) is 4.40. The van der Waals surface area contributed by atoms with Crippen LogP contribution < -0.4 is 15.0 Å². The third-order valence-corrected chi connectivity index (χ3v) is 5.88. The van der Waals surface area contributed by atoms with Crippen LogP contribution in [0.2, 0.25) is 0 Å². The van der Waals surface area contributed by atoms with Crippen LogP contribution in [-0.2, 0) is 10.2 Å². The maximum absolute atomic E-state index is 12.4. The molecule has 0 bridgehead atoms. The minimum absolute atomic E-state index is 0.0878. The summed E-state index contributed by atoms with van der Waals surface area (Å²) in [5.74, 6) is 0.892. The fraction of sp³-hybridized carbons (Fsp3) is 0.292. The highest BCUT2D eigenvalue weighted by molar-refractivity contribution is 5.84. The first kappa shape index (κ1) is 18.4. The summed E-state index contributed by atoms with van der Waals surface area (Å²) < 4.78 is 5.65. The van der Waals surface area contributed by atoms with Gasteiger partial charge in [0.15, 0.2) is 0 Å². The Balaban J connectivity index is 1.74. The molecule has 0 aliphatic carbocycles. The van der Waals surface area contributed by atoms with E-state index in [2.05, 4.69) is 67.1 Å². The second-order valence-corrected chi connectivity index (χ2v) is 7.86. The molecule has 2 heterocycles. The van der Waals surface area contributed by atoms with Gasteiger partial charge in [-0.1, -0.05) is 62.9 Å². The van der Waals surface area contributed by atoms with Gasteiger partial charge in [0.2, 0.25) is 5.91 Å². The van der Waals surface area contributed by atoms with Crippen molar-refractivity contribution in [2.24, 2.45) is 0 Å². The highest BCUT2D eigenvalue weighted by Gasteiger charge is 2.57. The molecule has 0 spiro atoms. The van der Waals surface area contributed by atoms with Crippen LogP contribution in [-0.4, -0.2) is 24.7 Å². The van der Waals surface area contributed by atoms with Gasteiger partial charge in [-0.15, -0.1) is 0 Å². The Morgan fingerprint density at radius 2 is 2.04 bits per heavy atom. The Kier molecular flexibility index (Phi) is 4.50. The van der Waals surface area contributed by atoms with Crippen molar-refractivity contribution < 1.29 is 9.53 Å². The fourth-order valence-corrected chi connectivity index (χ4v) is 4.40. The lowest BCUT2D eigenvalue weighted by atomic mass is 9.74. The Morgan fingerprint density at radius 3 is 2.86 bits per heavy atom. The van der Waals surface area contributed by atoms with Crippen molar-refractivity contribution in [3.63, 3.8) is 0 Å². The summed E-state index contributed by atoms with van der Waals surface area (Å²) in [5.41, 5.74) is 2.62. The van der Waals surface area contributed by atoms with Gasteiger partial charge in [0.1, 0.15) is 18.0 Å². The third-order valence-electron chi connectivity index (χ3n) is 5.88. The summed E-state index contributed by atoms with van der Waals surface area (Å²) >= 11 is 0. The molecule has 1 atom stereocenters. The molecule has 1 N–H and O–H groups in total. The standard InChI is InChI=1S/C24H26N2O2/c1-4-16-28-19-9-7-8-18(17-19)12-14-24-23(2,3)20-10-5-6-11-21(20)26(24)15-13-22(27)25-24/h4-12,14,17H,1,13,15-16H2,2-3H3,(H,25,27)/b14-12+. The van der Waals surface area contributed by atoms with Crippen molar-refractivity contribution >= 4 is 17.7 Å². The topological polar surface area (TPSA) is 41.6 Å². The zero-order valence-corrected chi connectivity index (χ0v) is 16.4. The predicted octanol–water partition coefficient (Wildman–Crippen LogP) is 4.28. The van der Waals surface area contributed by atoms with E-state index in [0.29, 0.717) is 19.6 Å². The van der Waals surface area contributed by atoms with Crippen molar-refractivity contribution in [1.82, 2.24) is 5.32 Å². The van der Waals surface area contributed by atoms with E-state index in [4.69, 9.17) is 4.74 Å². The van der Waals surface area contributed by atoms with Gasteiger partial charge < -0.3 is 15.0 Å². The van der Waals surface area contributed by atoms with Gasteiger partial charge >= 0.3 is 0 Å². The minimum Gasteiger partial charge on any atom is -0.490 e. The van der Waals surface area contributed by atoms with Crippen LogP contribution in [0.4, 0.5) is 5.69 Å². The Labute approximate surface area is 166 Å². The van der Waals surface area contributed by atoms with Crippen molar-refractivity contribution in [2.45, 2.75) is 31.3 Å². The van der Waals surface area contributed by atoms with Crippen LogP contribution in [0.5, 0.6) is 5.75 Å². The van der Waals surface area contributed by atoms with Gasteiger partial charge in [0.25, 0.3) is 0 Å². The lowest BCUT2D eigenvalue weighted by molar-refractivity contribution is -0.124. The summed E-state index contributed by atoms with van der Waals surface area (Å²) in [6.07, 6.45) is 6.45. The maximum Gasteiger partial charge on any atom is 0.223 e. The molecule has 1 saturated heterocycles. The highest BCUT2D eigenvalue weighted by atomic mass is 16.5. The van der Waals surface area contributed by atoms with E-state index >= 15 is 0 Å². The summed E-state index contributed by atoms with van der Waals surface area (Å²) in [7, 11) is 0. The summed E-state index contributed by atoms with van der Waals surface area (Å²) in [6.45, 7) is 9.27. The number of ether oxygens (including phenoxy) is 1. The number of anilines is 1. The number of nitrogens with one attached hydrogen (secondary N) is 1. The normalized spacial score (nSPS) is 22.5. The van der Waals surface area contributed by atoms with E-state index in [1.807, 2.05) is 24.3 Å². The second-order valence-electron chi connectivity index (χ2n) is 7.86. The number of amides is 1. The van der Waals surface area contributed by atoms with Crippen LogP contribution in [0.1, 0.15) is 31.4 Å². The molecule has 2 aromatic rings. The summed E-state index contributed by atoms with van der Waals surface area (Å²) in [5, 5.41) is 3.30. The van der Waals surface area contributed by atoms with Gasteiger partial charge in [-0.25, -0.2) is 0 Å². The van der Waals surface area contributed by atoms with E-state index in [9.17, 15) is 4.79 Å². The van der Waals surface area contributed by atoms with Crippen LogP contribution in [0.15, 0.2) is 67.3 Å². The average molecular weight is 374 g/mol. The summed E-state index contributed by atoms with van der Waals surface area (Å²) in [6, 6.07) is 16.4. The number of carbonyl (C=O) groups excluding carboxylic acids is 1. The monoisotopic (exact) mass is 374 g/mol. The lowest BCUT2D eigenvalue weighted by Gasteiger charge is -2.49. The molecule has 0 saturated carbocycles. The van der Waals surface area contributed by atoms with E-state index in [1.165, 1.54) is 11.3 Å². The molecule has 4 heteroatoms. The Hall–Kier alpha value is -3.01. The molecular formula is C24H26N2O2. The number of benzene rings is 2. The number of nitrogens with zero attached hydrogens (tertiary/aromatic N) is 1. The van der Waals surface area contributed by atoms with Crippen LogP contribution in [0.25, 0.3) is 6.08 Å². The first-order valence-electron chi connectivity index (χ1n) is 9.69. The number of hydrogen-bond donors (Lipinski definition) is 1. The van der Waals surface area contributed by atoms with Crippen LogP contribution >= 0.6 is 0 Å². The number of fused-ring (bicyclic) bond motifs is 3. The summed E-state index contributed by atoms with van der Waals surface area (Å²) in [4.78, 5) is 14.8. The van der Waals surface area contributed by atoms with Crippen molar-refractivity contribution in [1.29, 1.82) is 0 Å². The largest absolute Gasteiger partial charge is 0.490 e. The second kappa shape index (κ2) is 6.86. The SMILES string of the molecule is C=CCOc1cccc(/C=C/C23NC(=O)CCN2c2ccccc2C3(C)C)c1. The predicted molar refractivity (Wildman–Crippen MR) is 113 cm³/mol. The number of para-hydroxylation sites is 1. The molecular weight excluding hydrogens is 348 g/mol. The molecule has 144 valence electrons. The zero-order valence-electron chi connectivity index (χ0n) is 16.4. The van der Waals surface area contributed by atoms with Gasteiger partial charge in [0.05, 0.1) is 0 Å². The number of rotatable bonds is 5. The van der Waals surface area contributed by atoms with E-state index in [1.54, 1.807) is 6.08 Å². The number of hydrogen-bond acceptors (Lipinski definition) is 3. The Bertz CT molecular complexity index is 947. The molecule has 1 fully saturated rings. The molecule has 4 rings (SSSR count). The Morgan fingerprint density at radius 1 is 1.21 bits per heavy atom. The van der Waals surface area contributed by atoms with Crippen molar-refractivity contribution in [3.05, 3.63) is 78.4 Å². The molecule has 4 nitrogen and oxygen atoms in total. The lowest BCUT2D eigenvalue weighted by Crippen LogP contribution is -2.68. The van der Waals surface area contributed by atoms with Gasteiger partial charge in [0, 0.05) is 24.1 Å². The third kappa shape index (κ3) is 2.80. The first-order valence-corrected chi connectivity index (χ1v) is 9.69. The van der Waals surface area contributed by atoms with Crippen LogP contribution in [0.3, 0.4) is 0 Å². The van der Waals surface area contributed by atoms with Crippen molar-refractivity contribution in [3.8, 4) is 5.75 Å². The first-order chi connectivity index (χ1) is 13.5. The van der Waals surface area contributed by atoms with E-state index in [0.717, 1.165) is 11.3 Å². The zero-order chi connectivity index (χ0) is 19.8. The highest BCUT2D eigenvalue weighted by Crippen LogP contribution is 2.52. The average Bonchev–Trinajstić information content (AvgIpc) is 2.89. The smallest absolute Gasteiger partial charge is 0.223 e. The molecule has 28 heavy (non-hydrogen) atoms. The molecule has 1 amide bonds. The number of carbonyl (C=O) groups is 1. The maximum atomic E-state index is 12.4. The van der Waals surface area contributed by atoms with Gasteiger partial charge in [-0.3, -0.25) is 4.79 Å². The molecule has 0 aromatic heterocycles. The molecule has 1 unspecified atom stereocenters. The molecule has 2 aliphatic heterocycles. The van der Waals surface area contributed by atoms with Gasteiger partial charge in [-0.2, -0.15) is 0 Å². The van der Waals surface area contributed by atoms with E-state index in [-0.39, 0.29) is 11.3 Å². The van der Waals surface area contributed by atoms with Crippen molar-refractivity contribution in [2.75, 3.05) is 18.1 Å². The van der Waals surface area contributed by atoms with E-state index < -0.39 is 5.66 Å². The molecule has 0 radical (unpaired) electrons. The minimum atomic E-state index is -0.593. The molecule has 2 aromatic carbocycles. The van der Waals surface area contributed by atoms with Gasteiger partial charge in [-0.05, 0) is 35.4 Å².